The van der Waals surface area contributed by atoms with Crippen LogP contribution in [0.3, 0.4) is 0 Å². The van der Waals surface area contributed by atoms with E-state index in [9.17, 15) is 13.2 Å². The van der Waals surface area contributed by atoms with Crippen molar-refractivity contribution >= 4 is 28.6 Å². The summed E-state index contributed by atoms with van der Waals surface area (Å²) in [5, 5.41) is 8.78. The van der Waals surface area contributed by atoms with Crippen LogP contribution in [0.1, 0.15) is 0 Å². The second-order valence-electron chi connectivity index (χ2n) is 0.785. The van der Waals surface area contributed by atoms with Crippen molar-refractivity contribution in [2.24, 2.45) is 0 Å². The van der Waals surface area contributed by atoms with Crippen LogP contribution in [0.15, 0.2) is 0 Å². The molecule has 0 aliphatic heterocycles. The molecular weight excluding hydrogens is 317 g/mol. The Kier molecular flexibility index (Phi) is 13.1. The van der Waals surface area contributed by atoms with Gasteiger partial charge in [0.15, 0.2) is 0 Å². The molecule has 0 spiro atoms. The molecule has 1 radical (unpaired) electrons. The van der Waals surface area contributed by atoms with Crippen LogP contribution in [-0.2, 0) is 24.3 Å². The van der Waals surface area contributed by atoms with Gasteiger partial charge in [0.25, 0.3) is 0 Å². The van der Waals surface area contributed by atoms with E-state index in [4.69, 9.17) is 9.90 Å². The third kappa shape index (κ3) is 11.4. The molecule has 57 valence electrons. The first kappa shape index (κ1) is 16.9. The minimum absolute atomic E-state index is 0. The monoisotopic (exact) mass is 318 g/mol. The second-order valence-corrected chi connectivity index (χ2v) is 0.785. The summed E-state index contributed by atoms with van der Waals surface area (Å²) in [4.78, 5) is 12.0. The van der Waals surface area contributed by atoms with Crippen molar-refractivity contribution in [3.63, 3.8) is 0 Å². The Morgan fingerprint density at radius 2 is 1.50 bits per heavy atom. The fourth-order valence-corrected chi connectivity index (χ4v) is 0. The summed E-state index contributed by atoms with van der Waals surface area (Å²) in [7, 11) is 0. The molecule has 7 heteroatoms. The summed E-state index contributed by atoms with van der Waals surface area (Å²) in [6.45, 7) is 0. The van der Waals surface area contributed by atoms with Crippen molar-refractivity contribution in [1.29, 1.82) is 0 Å². The van der Waals surface area contributed by atoms with Gasteiger partial charge in [0, 0.05) is 24.4 Å². The molecule has 0 aliphatic rings. The second kappa shape index (κ2) is 7.72. The average Bonchev–Trinajstić information content (AvgIpc) is 1.69. The van der Waals surface area contributed by atoms with E-state index in [-0.39, 0.29) is 19.5 Å². The summed E-state index contributed by atoms with van der Waals surface area (Å²) in [6.07, 6.45) is -5.19. The van der Waals surface area contributed by atoms with E-state index in [1.54, 1.807) is 0 Å². The molecular formula is C3H2F3IO2Zn-. The van der Waals surface area contributed by atoms with E-state index < -0.39 is 12.1 Å². The Morgan fingerprint density at radius 3 is 1.50 bits per heavy atom. The third-order valence-electron chi connectivity index (χ3n) is 0.231. The molecule has 0 unspecified atom stereocenters. The number of alkyl halides is 3. The van der Waals surface area contributed by atoms with E-state index in [1.807, 2.05) is 22.6 Å². The number of aliphatic carboxylic acids is 1. The first-order valence-corrected chi connectivity index (χ1v) is 3.02. The molecule has 0 N–H and O–H groups in total. The standard InChI is InChI=1S/C2HF3O2.CH2I.Zn/c3-2(4,5)1(6)7;1-2;/h(H,6,7);1H2;/p-1. The van der Waals surface area contributed by atoms with Crippen LogP contribution in [0, 0.1) is 4.93 Å². The number of carbonyl (C=O) groups excluding carboxylic acids is 1. The number of carbonyl (C=O) groups is 1. The van der Waals surface area contributed by atoms with Gasteiger partial charge in [0.2, 0.25) is 0 Å². The minimum Gasteiger partial charge on any atom is -0.542 e. The molecule has 0 fully saturated rings. The van der Waals surface area contributed by atoms with Crippen LogP contribution < -0.4 is 5.11 Å². The SMILES string of the molecule is O=C([O-])C(F)(F)F.[CH2]I.[Zn]. The van der Waals surface area contributed by atoms with Crippen LogP contribution in [0.5, 0.6) is 0 Å². The largest absolute Gasteiger partial charge is 0.542 e. The maximum atomic E-state index is 10.5. The maximum absolute atomic E-state index is 10.5. The molecule has 0 saturated carbocycles. The fraction of sp³-hybridized carbons (Fsp3) is 0.333. The summed E-state index contributed by atoms with van der Waals surface area (Å²) in [5.74, 6) is -3.01. The van der Waals surface area contributed by atoms with Gasteiger partial charge in [-0.2, -0.15) is 13.2 Å². The van der Waals surface area contributed by atoms with Crippen molar-refractivity contribution in [3.8, 4) is 0 Å². The van der Waals surface area contributed by atoms with Gasteiger partial charge in [-0.25, -0.2) is 0 Å². The van der Waals surface area contributed by atoms with Crippen LogP contribution in [0.2, 0.25) is 0 Å². The number of rotatable bonds is 0. The van der Waals surface area contributed by atoms with Crippen LogP contribution in [0.4, 0.5) is 13.2 Å². The first-order valence-electron chi connectivity index (χ1n) is 1.49. The van der Waals surface area contributed by atoms with Gasteiger partial charge in [-0.1, -0.05) is 22.6 Å². The average molecular weight is 319 g/mol. The molecule has 0 atom stereocenters. The van der Waals surface area contributed by atoms with E-state index in [1.165, 1.54) is 0 Å². The first-order chi connectivity index (χ1) is 3.94. The molecule has 0 bridgehead atoms. The molecule has 0 aliphatic carbocycles. The molecule has 0 amide bonds. The van der Waals surface area contributed by atoms with Crippen molar-refractivity contribution in [2.75, 3.05) is 0 Å². The Labute approximate surface area is 82.1 Å². The fourth-order valence-electron chi connectivity index (χ4n) is 0. The van der Waals surface area contributed by atoms with Gasteiger partial charge in [-0.3, -0.25) is 0 Å². The Morgan fingerprint density at radius 1 is 1.40 bits per heavy atom. The predicted octanol–water partition coefficient (Wildman–Crippen LogP) is 0.509. The van der Waals surface area contributed by atoms with Crippen molar-refractivity contribution < 1.29 is 42.6 Å². The van der Waals surface area contributed by atoms with Crippen molar-refractivity contribution in [1.82, 2.24) is 0 Å². The van der Waals surface area contributed by atoms with E-state index in [0.717, 1.165) is 0 Å². The Balaban J connectivity index is -0.000000149. The number of halogens is 4. The zero-order chi connectivity index (χ0) is 8.08. The molecule has 2 nitrogen and oxygen atoms in total. The maximum Gasteiger partial charge on any atom is 0.430 e. The number of hydrogen-bond acceptors (Lipinski definition) is 2. The summed E-state index contributed by atoms with van der Waals surface area (Å²) in [5.41, 5.74) is 0. The molecule has 0 heterocycles. The summed E-state index contributed by atoms with van der Waals surface area (Å²) in [6, 6.07) is 0. The molecule has 0 aromatic rings. The molecule has 0 aromatic heterocycles. The Hall–Kier alpha value is 0.613. The number of hydrogen-bond donors (Lipinski definition) is 0. The molecule has 0 saturated heterocycles. The van der Waals surface area contributed by atoms with Gasteiger partial charge < -0.3 is 9.90 Å². The summed E-state index contributed by atoms with van der Waals surface area (Å²) >= 11 is 1.90. The van der Waals surface area contributed by atoms with Gasteiger partial charge in [-0.05, 0) is 0 Å². The van der Waals surface area contributed by atoms with Gasteiger partial charge in [0.05, 0.1) is 0 Å². The third-order valence-corrected chi connectivity index (χ3v) is 0.231. The van der Waals surface area contributed by atoms with Crippen LogP contribution in [-0.4, -0.2) is 12.1 Å². The quantitative estimate of drug-likeness (QED) is 0.482. The smallest absolute Gasteiger partial charge is 0.430 e. The number of carboxylic acids is 1. The van der Waals surface area contributed by atoms with Gasteiger partial charge in [0.1, 0.15) is 5.97 Å². The minimum atomic E-state index is -5.19. The molecule has 0 rings (SSSR count). The van der Waals surface area contributed by atoms with Gasteiger partial charge in [-0.15, -0.1) is 0 Å². The Bertz CT molecular complexity index is 94.2. The predicted molar refractivity (Wildman–Crippen MR) is 30.4 cm³/mol. The van der Waals surface area contributed by atoms with E-state index >= 15 is 0 Å². The molecule has 0 aromatic carbocycles. The number of carboxylic acid groups (broad SMARTS) is 1. The summed E-state index contributed by atoms with van der Waals surface area (Å²) < 4.78 is 31.5. The van der Waals surface area contributed by atoms with E-state index in [2.05, 4.69) is 4.93 Å². The zero-order valence-electron chi connectivity index (χ0n) is 4.74. The van der Waals surface area contributed by atoms with Crippen LogP contribution >= 0.6 is 22.6 Å². The van der Waals surface area contributed by atoms with Gasteiger partial charge >= 0.3 is 6.18 Å². The van der Waals surface area contributed by atoms with E-state index in [0.29, 0.717) is 0 Å². The topological polar surface area (TPSA) is 40.1 Å². The molecule has 10 heavy (non-hydrogen) atoms. The van der Waals surface area contributed by atoms with Crippen molar-refractivity contribution in [3.05, 3.63) is 4.93 Å². The zero-order valence-corrected chi connectivity index (χ0v) is 9.87. The van der Waals surface area contributed by atoms with Crippen molar-refractivity contribution in [2.45, 2.75) is 6.18 Å². The normalized spacial score (nSPS) is 8.50. The van der Waals surface area contributed by atoms with Crippen LogP contribution in [0.25, 0.3) is 0 Å².